The Bertz CT molecular complexity index is 211. The van der Waals surface area contributed by atoms with Crippen molar-refractivity contribution in [3.63, 3.8) is 0 Å². The van der Waals surface area contributed by atoms with Gasteiger partial charge in [0.15, 0.2) is 5.78 Å². The van der Waals surface area contributed by atoms with E-state index in [1.165, 1.54) is 0 Å². The van der Waals surface area contributed by atoms with Gasteiger partial charge >= 0.3 is 0 Å². The molecule has 0 amide bonds. The molecule has 0 bridgehead atoms. The highest BCUT2D eigenvalue weighted by Crippen LogP contribution is 2.16. The molecule has 0 aromatic rings. The lowest BCUT2D eigenvalue weighted by molar-refractivity contribution is -0.121. The Balaban J connectivity index is 4.36. The van der Waals surface area contributed by atoms with Crippen LogP contribution >= 0.6 is 0 Å². The maximum Gasteiger partial charge on any atom is 0.162 e. The van der Waals surface area contributed by atoms with Crippen LogP contribution in [0, 0.1) is 5.41 Å². The van der Waals surface area contributed by atoms with E-state index >= 15 is 0 Å². The Morgan fingerprint density at radius 2 is 1.86 bits per heavy atom. The van der Waals surface area contributed by atoms with E-state index in [-0.39, 0.29) is 11.2 Å². The Kier molecular flexibility index (Phi) is 5.51. The van der Waals surface area contributed by atoms with Crippen molar-refractivity contribution in [1.29, 1.82) is 0 Å². The summed E-state index contributed by atoms with van der Waals surface area (Å²) in [5, 5.41) is 3.26. The molecule has 0 rings (SSSR count). The quantitative estimate of drug-likeness (QED) is 0.687. The van der Waals surface area contributed by atoms with Gasteiger partial charge in [0.25, 0.3) is 0 Å². The topological polar surface area (TPSA) is 29.1 Å². The molecule has 0 saturated heterocycles. The fourth-order valence-electron chi connectivity index (χ4n) is 0.938. The van der Waals surface area contributed by atoms with Gasteiger partial charge in [-0.15, -0.1) is 0 Å². The highest BCUT2D eigenvalue weighted by atomic mass is 16.1. The first-order valence-electron chi connectivity index (χ1n) is 5.40. The lowest BCUT2D eigenvalue weighted by Gasteiger charge is -2.15. The minimum absolute atomic E-state index is 0.193. The third-order valence-corrected chi connectivity index (χ3v) is 2.03. The van der Waals surface area contributed by atoms with Crippen LogP contribution in [-0.4, -0.2) is 12.3 Å². The van der Waals surface area contributed by atoms with Gasteiger partial charge < -0.3 is 5.32 Å². The summed E-state index contributed by atoms with van der Waals surface area (Å²) >= 11 is 0. The van der Waals surface area contributed by atoms with Gasteiger partial charge in [-0.1, -0.05) is 34.6 Å². The van der Waals surface area contributed by atoms with Crippen LogP contribution in [0.5, 0.6) is 0 Å². The Hall–Kier alpha value is -0.790. The van der Waals surface area contributed by atoms with Gasteiger partial charge in [-0.3, -0.25) is 4.79 Å². The van der Waals surface area contributed by atoms with Crippen molar-refractivity contribution < 1.29 is 4.79 Å². The molecule has 0 aliphatic carbocycles. The second kappa shape index (κ2) is 5.84. The van der Waals surface area contributed by atoms with E-state index in [2.05, 4.69) is 19.2 Å². The summed E-state index contributed by atoms with van der Waals surface area (Å²) in [7, 11) is 0. The minimum atomic E-state index is -0.270. The van der Waals surface area contributed by atoms with E-state index in [1.807, 2.05) is 20.8 Å². The van der Waals surface area contributed by atoms with Crippen molar-refractivity contribution in [2.75, 3.05) is 6.54 Å². The summed E-state index contributed by atoms with van der Waals surface area (Å²) < 4.78 is 0. The lowest BCUT2D eigenvalue weighted by Crippen LogP contribution is -2.21. The molecule has 2 nitrogen and oxygen atoms in total. The smallest absolute Gasteiger partial charge is 0.162 e. The van der Waals surface area contributed by atoms with Gasteiger partial charge in [0.1, 0.15) is 0 Å². The Morgan fingerprint density at radius 1 is 1.29 bits per heavy atom. The van der Waals surface area contributed by atoms with Crippen LogP contribution in [0.2, 0.25) is 0 Å². The lowest BCUT2D eigenvalue weighted by atomic mass is 9.90. The average Bonchev–Trinajstić information content (AvgIpc) is 2.10. The largest absolute Gasteiger partial charge is 0.388 e. The molecule has 82 valence electrons. The predicted octanol–water partition coefficient (Wildman–Crippen LogP) is 2.90. The van der Waals surface area contributed by atoms with E-state index in [4.69, 9.17) is 0 Å². The fourth-order valence-corrected chi connectivity index (χ4v) is 0.938. The summed E-state index contributed by atoms with van der Waals surface area (Å²) in [5.74, 6) is 0.193. The molecule has 0 aromatic carbocycles. The second-order valence-corrected chi connectivity index (χ2v) is 4.56. The van der Waals surface area contributed by atoms with Crippen LogP contribution in [0.4, 0.5) is 0 Å². The maximum absolute atomic E-state index is 11.7. The molecule has 2 heteroatoms. The van der Waals surface area contributed by atoms with Crippen LogP contribution in [0.15, 0.2) is 11.8 Å². The van der Waals surface area contributed by atoms with Gasteiger partial charge in [0.05, 0.1) is 0 Å². The second-order valence-electron chi connectivity index (χ2n) is 4.56. The van der Waals surface area contributed by atoms with Crippen molar-refractivity contribution in [1.82, 2.24) is 5.32 Å². The van der Waals surface area contributed by atoms with E-state index < -0.39 is 0 Å². The maximum atomic E-state index is 11.7. The first-order valence-corrected chi connectivity index (χ1v) is 5.40. The van der Waals surface area contributed by atoms with Gasteiger partial charge in [0.2, 0.25) is 0 Å². The molecule has 0 atom stereocenters. The predicted molar refractivity (Wildman–Crippen MR) is 61.1 cm³/mol. The molecule has 0 radical (unpaired) electrons. The molecule has 0 aliphatic rings. The van der Waals surface area contributed by atoms with Crippen LogP contribution in [-0.2, 0) is 4.79 Å². The number of carbonyl (C=O) groups excluding carboxylic acids is 1. The first-order chi connectivity index (χ1) is 6.41. The minimum Gasteiger partial charge on any atom is -0.388 e. The number of hydrogen-bond donors (Lipinski definition) is 1. The zero-order valence-electron chi connectivity index (χ0n) is 10.1. The van der Waals surface area contributed by atoms with Gasteiger partial charge in [-0.05, 0) is 12.8 Å². The fraction of sp³-hybridized carbons (Fsp3) is 0.750. The van der Waals surface area contributed by atoms with Gasteiger partial charge in [-0.2, -0.15) is 0 Å². The highest BCUT2D eigenvalue weighted by Gasteiger charge is 2.18. The van der Waals surface area contributed by atoms with E-state index in [0.717, 1.165) is 25.1 Å². The van der Waals surface area contributed by atoms with Crippen LogP contribution in [0.3, 0.4) is 0 Å². The number of allylic oxidation sites excluding steroid dienone is 2. The number of nitrogens with one attached hydrogen (secondary N) is 1. The standard InChI is InChI=1S/C12H23NO/c1-6-8-13-10(7-2)9-11(14)12(3,4)5/h9,13H,6-8H2,1-5H3. The zero-order chi connectivity index (χ0) is 11.2. The van der Waals surface area contributed by atoms with E-state index in [0.29, 0.717) is 0 Å². The third kappa shape index (κ3) is 5.05. The molecular formula is C12H23NO. The number of rotatable bonds is 5. The van der Waals surface area contributed by atoms with Crippen LogP contribution in [0.1, 0.15) is 47.5 Å². The number of ketones is 1. The number of carbonyl (C=O) groups is 1. The Labute approximate surface area is 87.8 Å². The highest BCUT2D eigenvalue weighted by molar-refractivity contribution is 5.94. The molecular weight excluding hydrogens is 174 g/mol. The summed E-state index contributed by atoms with van der Waals surface area (Å²) in [4.78, 5) is 11.7. The van der Waals surface area contributed by atoms with Crippen molar-refractivity contribution in [2.24, 2.45) is 5.41 Å². The molecule has 0 unspecified atom stereocenters. The molecule has 0 aliphatic heterocycles. The summed E-state index contributed by atoms with van der Waals surface area (Å²) in [6.45, 7) is 10.9. The molecule has 0 saturated carbocycles. The Morgan fingerprint density at radius 3 is 2.21 bits per heavy atom. The normalized spacial score (nSPS) is 12.8. The van der Waals surface area contributed by atoms with Crippen LogP contribution < -0.4 is 5.32 Å². The molecule has 0 spiro atoms. The molecule has 0 heterocycles. The van der Waals surface area contributed by atoms with Crippen molar-refractivity contribution in [2.45, 2.75) is 47.5 Å². The van der Waals surface area contributed by atoms with Gasteiger partial charge in [-0.25, -0.2) is 0 Å². The van der Waals surface area contributed by atoms with Gasteiger partial charge in [0, 0.05) is 23.7 Å². The zero-order valence-corrected chi connectivity index (χ0v) is 10.1. The molecule has 1 N–H and O–H groups in total. The first kappa shape index (κ1) is 13.2. The van der Waals surface area contributed by atoms with E-state index in [9.17, 15) is 4.79 Å². The van der Waals surface area contributed by atoms with Crippen LogP contribution in [0.25, 0.3) is 0 Å². The van der Waals surface area contributed by atoms with Crippen molar-refractivity contribution in [3.8, 4) is 0 Å². The van der Waals surface area contributed by atoms with Crippen molar-refractivity contribution >= 4 is 5.78 Å². The monoisotopic (exact) mass is 197 g/mol. The summed E-state index contributed by atoms with van der Waals surface area (Å²) in [6.07, 6.45) is 3.72. The summed E-state index contributed by atoms with van der Waals surface area (Å²) in [5.41, 5.74) is 0.778. The van der Waals surface area contributed by atoms with E-state index in [1.54, 1.807) is 6.08 Å². The summed E-state index contributed by atoms with van der Waals surface area (Å²) in [6, 6.07) is 0. The number of hydrogen-bond acceptors (Lipinski definition) is 2. The molecule has 0 fully saturated rings. The SMILES string of the molecule is CCCNC(=CC(=O)C(C)(C)C)CC. The average molecular weight is 197 g/mol. The third-order valence-electron chi connectivity index (χ3n) is 2.03. The molecule has 14 heavy (non-hydrogen) atoms. The van der Waals surface area contributed by atoms with Crippen molar-refractivity contribution in [3.05, 3.63) is 11.8 Å². The molecule has 0 aromatic heterocycles.